The highest BCUT2D eigenvalue weighted by atomic mass is 35.5. The summed E-state index contributed by atoms with van der Waals surface area (Å²) in [7, 11) is 1.68. The molecular formula is C14H15ClN4O3. The van der Waals surface area contributed by atoms with Crippen LogP contribution < -0.4 is 0 Å². The van der Waals surface area contributed by atoms with Gasteiger partial charge in [0.05, 0.1) is 23.4 Å². The summed E-state index contributed by atoms with van der Waals surface area (Å²) < 4.78 is 1.26. The monoisotopic (exact) mass is 322 g/mol. The molecule has 0 aliphatic heterocycles. The lowest BCUT2D eigenvalue weighted by molar-refractivity contribution is -0.389. The van der Waals surface area contributed by atoms with E-state index in [0.717, 1.165) is 5.56 Å². The van der Waals surface area contributed by atoms with Gasteiger partial charge in [-0.25, -0.2) is 0 Å². The van der Waals surface area contributed by atoms with Gasteiger partial charge in [-0.15, -0.1) is 0 Å². The van der Waals surface area contributed by atoms with Gasteiger partial charge in [0.2, 0.25) is 5.91 Å². The van der Waals surface area contributed by atoms with Crippen LogP contribution >= 0.6 is 11.6 Å². The molecule has 1 aromatic heterocycles. The van der Waals surface area contributed by atoms with Gasteiger partial charge in [-0.2, -0.15) is 4.68 Å². The first kappa shape index (κ1) is 16.0. The predicted octanol–water partition coefficient (Wildman–Crippen LogP) is 2.66. The molecule has 116 valence electrons. The Morgan fingerprint density at radius 1 is 1.41 bits per heavy atom. The molecule has 7 nitrogen and oxygen atoms in total. The Balaban J connectivity index is 2.04. The molecule has 0 N–H and O–H groups in total. The highest BCUT2D eigenvalue weighted by molar-refractivity contribution is 6.30. The Morgan fingerprint density at radius 3 is 2.59 bits per heavy atom. The number of amides is 1. The first-order valence-electron chi connectivity index (χ1n) is 6.57. The lowest BCUT2D eigenvalue weighted by atomic mass is 10.1. The summed E-state index contributed by atoms with van der Waals surface area (Å²) in [5.74, 6) is -0.471. The van der Waals surface area contributed by atoms with Crippen molar-refractivity contribution in [1.82, 2.24) is 14.7 Å². The molecule has 0 bridgehead atoms. The number of rotatable bonds is 5. The number of nitrogens with zero attached hydrogens (tertiary/aromatic N) is 4. The van der Waals surface area contributed by atoms with Gasteiger partial charge in [-0.3, -0.25) is 4.79 Å². The first-order chi connectivity index (χ1) is 10.4. The van der Waals surface area contributed by atoms with Crippen LogP contribution in [-0.2, 0) is 11.3 Å². The Kier molecular flexibility index (Phi) is 4.77. The lowest BCUT2D eigenvalue weighted by Crippen LogP contribution is -2.32. The number of benzene rings is 1. The molecule has 2 aromatic rings. The molecule has 0 saturated heterocycles. The van der Waals surface area contributed by atoms with Crippen LogP contribution in [0.2, 0.25) is 5.02 Å². The van der Waals surface area contributed by atoms with Crippen LogP contribution in [0, 0.1) is 10.1 Å². The van der Waals surface area contributed by atoms with Crippen LogP contribution in [0.1, 0.15) is 18.5 Å². The van der Waals surface area contributed by atoms with E-state index in [2.05, 4.69) is 5.10 Å². The third-order valence-electron chi connectivity index (χ3n) is 3.44. The minimum Gasteiger partial charge on any atom is -0.358 e. The van der Waals surface area contributed by atoms with E-state index >= 15 is 0 Å². The van der Waals surface area contributed by atoms with Crippen molar-refractivity contribution in [3.63, 3.8) is 0 Å². The zero-order chi connectivity index (χ0) is 16.3. The average molecular weight is 323 g/mol. The molecule has 2 rings (SSSR count). The number of halogens is 1. The highest BCUT2D eigenvalue weighted by Crippen LogP contribution is 2.21. The van der Waals surface area contributed by atoms with Crippen LogP contribution in [0.15, 0.2) is 36.5 Å². The van der Waals surface area contributed by atoms with E-state index in [1.54, 1.807) is 24.1 Å². The van der Waals surface area contributed by atoms with Crippen molar-refractivity contribution in [3.05, 3.63) is 57.2 Å². The van der Waals surface area contributed by atoms with Crippen molar-refractivity contribution in [3.8, 4) is 0 Å². The molecule has 0 radical (unpaired) electrons. The topological polar surface area (TPSA) is 81.3 Å². The first-order valence-corrected chi connectivity index (χ1v) is 6.95. The Hall–Kier alpha value is -2.41. The van der Waals surface area contributed by atoms with Gasteiger partial charge in [-0.05, 0) is 29.5 Å². The third kappa shape index (κ3) is 3.62. The van der Waals surface area contributed by atoms with Crippen molar-refractivity contribution in [1.29, 1.82) is 0 Å². The van der Waals surface area contributed by atoms with Crippen molar-refractivity contribution in [2.24, 2.45) is 0 Å². The second kappa shape index (κ2) is 6.57. The second-order valence-corrected chi connectivity index (χ2v) is 5.30. The molecule has 0 spiro atoms. The quantitative estimate of drug-likeness (QED) is 0.626. The van der Waals surface area contributed by atoms with Crippen LogP contribution in [-0.4, -0.2) is 32.6 Å². The molecule has 0 aliphatic carbocycles. The molecule has 1 unspecified atom stereocenters. The van der Waals surface area contributed by atoms with Gasteiger partial charge in [0.15, 0.2) is 0 Å². The molecule has 1 atom stereocenters. The normalized spacial score (nSPS) is 12.0. The molecule has 1 heterocycles. The number of carbonyl (C=O) groups is 1. The van der Waals surface area contributed by atoms with Crippen molar-refractivity contribution < 1.29 is 9.72 Å². The fourth-order valence-corrected chi connectivity index (χ4v) is 2.09. The second-order valence-electron chi connectivity index (χ2n) is 4.86. The molecule has 0 saturated carbocycles. The average Bonchev–Trinajstić information content (AvgIpc) is 2.95. The Morgan fingerprint density at radius 2 is 2.05 bits per heavy atom. The van der Waals surface area contributed by atoms with Gasteiger partial charge >= 0.3 is 5.82 Å². The van der Waals surface area contributed by atoms with E-state index in [9.17, 15) is 14.9 Å². The SMILES string of the molecule is CC(c1ccc(Cl)cc1)N(C)C(=O)Cn1ccc([N+](=O)[O-])n1. The smallest absolute Gasteiger partial charge is 0.358 e. The van der Waals surface area contributed by atoms with Gasteiger partial charge in [0, 0.05) is 12.1 Å². The van der Waals surface area contributed by atoms with Gasteiger partial charge in [0.1, 0.15) is 6.54 Å². The molecule has 0 fully saturated rings. The van der Waals surface area contributed by atoms with E-state index in [1.165, 1.54) is 16.9 Å². The molecule has 1 amide bonds. The zero-order valence-corrected chi connectivity index (χ0v) is 12.9. The molecule has 0 aliphatic rings. The highest BCUT2D eigenvalue weighted by Gasteiger charge is 2.20. The maximum Gasteiger partial charge on any atom is 0.389 e. The van der Waals surface area contributed by atoms with Crippen molar-refractivity contribution in [2.45, 2.75) is 19.5 Å². The lowest BCUT2D eigenvalue weighted by Gasteiger charge is -2.25. The number of nitro groups is 1. The molecule has 22 heavy (non-hydrogen) atoms. The van der Waals surface area contributed by atoms with E-state index in [1.807, 2.05) is 19.1 Å². The third-order valence-corrected chi connectivity index (χ3v) is 3.69. The Labute approximate surface area is 132 Å². The largest absolute Gasteiger partial charge is 0.389 e. The number of hydrogen-bond acceptors (Lipinski definition) is 4. The number of likely N-dealkylation sites (N-methyl/N-ethyl adjacent to an activating group) is 1. The Bertz CT molecular complexity index is 684. The van der Waals surface area contributed by atoms with Crippen LogP contribution in [0.3, 0.4) is 0 Å². The maximum absolute atomic E-state index is 12.2. The van der Waals surface area contributed by atoms with Crippen molar-refractivity contribution >= 4 is 23.3 Å². The van der Waals surface area contributed by atoms with Gasteiger partial charge in [-0.1, -0.05) is 23.7 Å². The van der Waals surface area contributed by atoms with Crippen LogP contribution in [0.5, 0.6) is 0 Å². The standard InChI is InChI=1S/C14H15ClN4O3/c1-10(11-3-5-12(15)6-4-11)17(2)14(20)9-18-8-7-13(16-18)19(21)22/h3-8,10H,9H2,1-2H3. The number of carbonyl (C=O) groups excluding carboxylic acids is 1. The molecular weight excluding hydrogens is 308 g/mol. The number of aromatic nitrogens is 2. The summed E-state index contributed by atoms with van der Waals surface area (Å²) in [5.41, 5.74) is 0.951. The minimum atomic E-state index is -0.596. The number of hydrogen-bond donors (Lipinski definition) is 0. The summed E-state index contributed by atoms with van der Waals surface area (Å²) in [6.45, 7) is 1.84. The fraction of sp³-hybridized carbons (Fsp3) is 0.286. The predicted molar refractivity (Wildman–Crippen MR) is 81.5 cm³/mol. The van der Waals surface area contributed by atoms with Gasteiger partial charge in [0.25, 0.3) is 0 Å². The van der Waals surface area contributed by atoms with E-state index in [-0.39, 0.29) is 24.3 Å². The van der Waals surface area contributed by atoms with E-state index in [4.69, 9.17) is 11.6 Å². The molecule has 1 aromatic carbocycles. The summed E-state index contributed by atoms with van der Waals surface area (Å²) in [6.07, 6.45) is 1.41. The van der Waals surface area contributed by atoms with Crippen molar-refractivity contribution in [2.75, 3.05) is 7.05 Å². The zero-order valence-electron chi connectivity index (χ0n) is 12.1. The summed E-state index contributed by atoms with van der Waals surface area (Å²) in [6, 6.07) is 8.36. The van der Waals surface area contributed by atoms with Gasteiger partial charge < -0.3 is 15.0 Å². The fourth-order valence-electron chi connectivity index (χ4n) is 1.97. The molecule has 8 heteroatoms. The summed E-state index contributed by atoms with van der Waals surface area (Å²) in [5, 5.41) is 14.9. The van der Waals surface area contributed by atoms with E-state index in [0.29, 0.717) is 5.02 Å². The summed E-state index contributed by atoms with van der Waals surface area (Å²) in [4.78, 5) is 23.8. The van der Waals surface area contributed by atoms with Crippen LogP contribution in [0.4, 0.5) is 5.82 Å². The maximum atomic E-state index is 12.2. The van der Waals surface area contributed by atoms with Crippen LogP contribution in [0.25, 0.3) is 0 Å². The van der Waals surface area contributed by atoms with E-state index < -0.39 is 4.92 Å². The summed E-state index contributed by atoms with van der Waals surface area (Å²) >= 11 is 5.85. The minimum absolute atomic E-state index is 0.0533.